The molecule has 2 heterocycles. The van der Waals surface area contributed by atoms with Crippen LogP contribution in [0.4, 0.5) is 0 Å². The number of carbonyl (C=O) groups is 1. The molecule has 0 fully saturated rings. The van der Waals surface area contributed by atoms with Crippen LogP contribution in [0.25, 0.3) is 0 Å². The van der Waals surface area contributed by atoms with E-state index in [1.807, 2.05) is 6.07 Å². The van der Waals surface area contributed by atoms with Crippen molar-refractivity contribution >= 4 is 5.91 Å². The van der Waals surface area contributed by atoms with Gasteiger partial charge in [0.1, 0.15) is 17.6 Å². The van der Waals surface area contributed by atoms with Crippen LogP contribution in [-0.2, 0) is 6.54 Å². The molecule has 2 aromatic rings. The molecule has 0 aromatic carbocycles. The zero-order valence-corrected chi connectivity index (χ0v) is 9.77. The summed E-state index contributed by atoms with van der Waals surface area (Å²) < 4.78 is 0. The van der Waals surface area contributed by atoms with E-state index in [0.29, 0.717) is 23.6 Å². The normalized spacial score (nSPS) is 9.78. The lowest BCUT2D eigenvalue weighted by atomic mass is 10.2. The summed E-state index contributed by atoms with van der Waals surface area (Å²) >= 11 is 0. The third kappa shape index (κ3) is 2.52. The van der Waals surface area contributed by atoms with Crippen molar-refractivity contribution in [3.63, 3.8) is 0 Å². The fraction of sp³-hybridized carbons (Fsp3) is 0.167. The number of H-pyrrole nitrogens is 1. The molecule has 0 spiro atoms. The third-order valence-electron chi connectivity index (χ3n) is 2.41. The number of pyridine rings is 1. The van der Waals surface area contributed by atoms with Crippen LogP contribution >= 0.6 is 0 Å². The zero-order valence-electron chi connectivity index (χ0n) is 9.77. The van der Waals surface area contributed by atoms with Crippen molar-refractivity contribution in [2.24, 2.45) is 0 Å². The van der Waals surface area contributed by atoms with Crippen LogP contribution < -0.4 is 5.32 Å². The van der Waals surface area contributed by atoms with Gasteiger partial charge >= 0.3 is 0 Å². The fourth-order valence-corrected chi connectivity index (χ4v) is 1.45. The van der Waals surface area contributed by atoms with E-state index in [1.54, 1.807) is 25.4 Å². The number of carbonyl (C=O) groups excluding carboxylic acids is 1. The number of hydrogen-bond donors (Lipinski definition) is 2. The summed E-state index contributed by atoms with van der Waals surface area (Å²) in [6.07, 6.45) is 3.30. The summed E-state index contributed by atoms with van der Waals surface area (Å²) in [6, 6.07) is 5.12. The van der Waals surface area contributed by atoms with Gasteiger partial charge in [0, 0.05) is 12.4 Å². The Bertz CT molecular complexity index is 597. The van der Waals surface area contributed by atoms with Crippen LogP contribution in [0, 0.1) is 18.3 Å². The molecule has 18 heavy (non-hydrogen) atoms. The highest BCUT2D eigenvalue weighted by Gasteiger charge is 2.09. The SMILES string of the molecule is Cc1nc(C(=O)NCc2ncc[nH]2)ccc1C#N. The predicted octanol–water partition coefficient (Wildman–Crippen LogP) is 0.915. The maximum absolute atomic E-state index is 11.8. The first-order valence-corrected chi connectivity index (χ1v) is 5.35. The van der Waals surface area contributed by atoms with Crippen LogP contribution in [0.5, 0.6) is 0 Å². The molecule has 0 bridgehead atoms. The average Bonchev–Trinajstić information content (AvgIpc) is 2.89. The molecule has 0 aliphatic heterocycles. The first-order valence-electron chi connectivity index (χ1n) is 5.35. The van der Waals surface area contributed by atoms with Gasteiger partial charge in [0.2, 0.25) is 0 Å². The molecule has 2 aromatic heterocycles. The number of aromatic nitrogens is 3. The molecule has 0 aliphatic carbocycles. The number of amides is 1. The van der Waals surface area contributed by atoms with Gasteiger partial charge in [-0.1, -0.05) is 0 Å². The van der Waals surface area contributed by atoms with Gasteiger partial charge in [0.05, 0.1) is 17.8 Å². The summed E-state index contributed by atoms with van der Waals surface area (Å²) in [5, 5.41) is 11.5. The average molecular weight is 241 g/mol. The standard InChI is InChI=1S/C12H11N5O/c1-8-9(6-13)2-3-10(17-8)12(18)16-7-11-14-4-5-15-11/h2-5H,7H2,1H3,(H,14,15)(H,16,18). The van der Waals surface area contributed by atoms with Gasteiger partial charge in [-0.15, -0.1) is 0 Å². The summed E-state index contributed by atoms with van der Waals surface area (Å²) in [6.45, 7) is 2.01. The minimum atomic E-state index is -0.293. The van der Waals surface area contributed by atoms with Gasteiger partial charge < -0.3 is 10.3 Å². The Kier molecular flexibility index (Phi) is 3.34. The van der Waals surface area contributed by atoms with Gasteiger partial charge in [-0.25, -0.2) is 9.97 Å². The first-order chi connectivity index (χ1) is 8.70. The highest BCUT2D eigenvalue weighted by Crippen LogP contribution is 2.05. The number of nitrogens with zero attached hydrogens (tertiary/aromatic N) is 3. The van der Waals surface area contributed by atoms with Crippen molar-refractivity contribution in [3.8, 4) is 6.07 Å². The largest absolute Gasteiger partial charge is 0.347 e. The van der Waals surface area contributed by atoms with Crippen molar-refractivity contribution in [1.29, 1.82) is 5.26 Å². The van der Waals surface area contributed by atoms with E-state index in [0.717, 1.165) is 0 Å². The Labute approximate surface area is 104 Å². The Morgan fingerprint density at radius 1 is 1.56 bits per heavy atom. The summed E-state index contributed by atoms with van der Waals surface area (Å²) in [5.41, 5.74) is 1.30. The van der Waals surface area contributed by atoms with E-state index in [1.165, 1.54) is 6.07 Å². The predicted molar refractivity (Wildman–Crippen MR) is 63.4 cm³/mol. The molecule has 0 saturated carbocycles. The molecule has 90 valence electrons. The summed E-state index contributed by atoms with van der Waals surface area (Å²) in [7, 11) is 0. The van der Waals surface area contributed by atoms with Crippen LogP contribution in [0.3, 0.4) is 0 Å². The van der Waals surface area contributed by atoms with E-state index in [-0.39, 0.29) is 11.6 Å². The van der Waals surface area contributed by atoms with Gasteiger partial charge in [0.15, 0.2) is 0 Å². The Hall–Kier alpha value is -2.68. The Morgan fingerprint density at radius 3 is 3.00 bits per heavy atom. The van der Waals surface area contributed by atoms with Gasteiger partial charge in [-0.05, 0) is 19.1 Å². The highest BCUT2D eigenvalue weighted by molar-refractivity contribution is 5.92. The third-order valence-corrected chi connectivity index (χ3v) is 2.41. The van der Waals surface area contributed by atoms with Crippen molar-refractivity contribution in [3.05, 3.63) is 47.3 Å². The van der Waals surface area contributed by atoms with E-state index >= 15 is 0 Å². The minimum Gasteiger partial charge on any atom is -0.347 e. The second kappa shape index (κ2) is 5.10. The molecular weight excluding hydrogens is 230 g/mol. The second-order valence-electron chi connectivity index (χ2n) is 3.66. The van der Waals surface area contributed by atoms with Crippen molar-refractivity contribution in [1.82, 2.24) is 20.3 Å². The monoisotopic (exact) mass is 241 g/mol. The molecular formula is C12H11N5O. The van der Waals surface area contributed by atoms with E-state index in [2.05, 4.69) is 20.3 Å². The highest BCUT2D eigenvalue weighted by atomic mass is 16.1. The lowest BCUT2D eigenvalue weighted by Crippen LogP contribution is -2.24. The van der Waals surface area contributed by atoms with Crippen molar-refractivity contribution in [2.45, 2.75) is 13.5 Å². The molecule has 0 radical (unpaired) electrons. The first kappa shape index (κ1) is 11.8. The molecule has 6 nitrogen and oxygen atoms in total. The topological polar surface area (TPSA) is 94.5 Å². The molecule has 0 saturated heterocycles. The molecule has 2 N–H and O–H groups in total. The quantitative estimate of drug-likeness (QED) is 0.835. The molecule has 2 rings (SSSR count). The van der Waals surface area contributed by atoms with Crippen molar-refractivity contribution < 1.29 is 4.79 Å². The Morgan fingerprint density at radius 2 is 2.39 bits per heavy atom. The van der Waals surface area contributed by atoms with Gasteiger partial charge in [-0.2, -0.15) is 5.26 Å². The molecule has 1 amide bonds. The number of rotatable bonds is 3. The number of hydrogen-bond acceptors (Lipinski definition) is 4. The lowest BCUT2D eigenvalue weighted by Gasteiger charge is -2.04. The van der Waals surface area contributed by atoms with E-state index in [9.17, 15) is 4.79 Å². The lowest BCUT2D eigenvalue weighted by molar-refractivity contribution is 0.0945. The maximum Gasteiger partial charge on any atom is 0.270 e. The Balaban J connectivity index is 2.05. The van der Waals surface area contributed by atoms with Crippen LogP contribution in [-0.4, -0.2) is 20.9 Å². The number of imidazole rings is 1. The number of nitriles is 1. The number of aromatic amines is 1. The number of aryl methyl sites for hydroxylation is 1. The van der Waals surface area contributed by atoms with E-state index in [4.69, 9.17) is 5.26 Å². The number of nitrogens with one attached hydrogen (secondary N) is 2. The van der Waals surface area contributed by atoms with Crippen LogP contribution in [0.1, 0.15) is 27.6 Å². The summed E-state index contributed by atoms with van der Waals surface area (Å²) in [4.78, 5) is 22.7. The minimum absolute atomic E-state index is 0.290. The van der Waals surface area contributed by atoms with Gasteiger partial charge in [0.25, 0.3) is 5.91 Å². The molecule has 0 atom stereocenters. The smallest absolute Gasteiger partial charge is 0.270 e. The van der Waals surface area contributed by atoms with Gasteiger partial charge in [-0.3, -0.25) is 4.79 Å². The molecule has 6 heteroatoms. The van der Waals surface area contributed by atoms with Crippen molar-refractivity contribution in [2.75, 3.05) is 0 Å². The van der Waals surface area contributed by atoms with Crippen LogP contribution in [0.2, 0.25) is 0 Å². The van der Waals surface area contributed by atoms with Crippen LogP contribution in [0.15, 0.2) is 24.5 Å². The van der Waals surface area contributed by atoms with E-state index < -0.39 is 0 Å². The fourth-order valence-electron chi connectivity index (χ4n) is 1.45. The zero-order chi connectivity index (χ0) is 13.0. The maximum atomic E-state index is 11.8. The molecule has 0 unspecified atom stereocenters. The molecule has 0 aliphatic rings. The second-order valence-corrected chi connectivity index (χ2v) is 3.66. The summed E-state index contributed by atoms with van der Waals surface area (Å²) in [5.74, 6) is 0.382.